The molecule has 1 rings (SSSR count). The number of rotatable bonds is 6. The van der Waals surface area contributed by atoms with Gasteiger partial charge in [-0.1, -0.05) is 0 Å². The Balaban J connectivity index is 2.71. The summed E-state index contributed by atoms with van der Waals surface area (Å²) in [5.74, 6) is 1.04. The molecule has 2 amide bonds. The second kappa shape index (κ2) is 7.56. The predicted molar refractivity (Wildman–Crippen MR) is 74.3 cm³/mol. The summed E-state index contributed by atoms with van der Waals surface area (Å²) >= 11 is 0. The lowest BCUT2D eigenvalue weighted by Gasteiger charge is -2.19. The van der Waals surface area contributed by atoms with Crippen LogP contribution in [0, 0.1) is 0 Å². The van der Waals surface area contributed by atoms with Crippen molar-refractivity contribution < 1.29 is 24.5 Å². The van der Waals surface area contributed by atoms with E-state index in [4.69, 9.17) is 14.6 Å². The first-order valence-electron chi connectivity index (χ1n) is 6.10. The van der Waals surface area contributed by atoms with Crippen molar-refractivity contribution in [3.05, 3.63) is 18.2 Å². The number of anilines is 1. The number of benzene rings is 1. The van der Waals surface area contributed by atoms with E-state index in [9.17, 15) is 9.90 Å². The van der Waals surface area contributed by atoms with Crippen LogP contribution in [-0.4, -0.2) is 49.2 Å². The van der Waals surface area contributed by atoms with Gasteiger partial charge in [-0.15, -0.1) is 0 Å². The van der Waals surface area contributed by atoms with Crippen LogP contribution in [0.15, 0.2) is 18.2 Å². The average Bonchev–Trinajstić information content (AvgIpc) is 2.44. The molecule has 0 fully saturated rings. The molecule has 0 aromatic heterocycles. The van der Waals surface area contributed by atoms with Crippen molar-refractivity contribution in [2.45, 2.75) is 19.1 Å². The normalized spacial score (nSPS) is 13.2. The van der Waals surface area contributed by atoms with Gasteiger partial charge in [0, 0.05) is 11.8 Å². The molecule has 4 N–H and O–H groups in total. The minimum absolute atomic E-state index is 0.350. The number of amides is 2. The van der Waals surface area contributed by atoms with E-state index in [2.05, 4.69) is 10.6 Å². The van der Waals surface area contributed by atoms with Crippen LogP contribution in [0.1, 0.15) is 6.92 Å². The molecule has 112 valence electrons. The second-order valence-electron chi connectivity index (χ2n) is 4.20. The number of hydrogen-bond donors (Lipinski definition) is 4. The lowest BCUT2D eigenvalue weighted by molar-refractivity contribution is 0.108. The molecule has 0 spiro atoms. The van der Waals surface area contributed by atoms with Gasteiger partial charge in [0.2, 0.25) is 0 Å². The van der Waals surface area contributed by atoms with Crippen LogP contribution in [0.4, 0.5) is 10.5 Å². The van der Waals surface area contributed by atoms with Crippen LogP contribution in [0.25, 0.3) is 0 Å². The summed E-state index contributed by atoms with van der Waals surface area (Å²) in [5.41, 5.74) is 0.502. The maximum absolute atomic E-state index is 11.7. The van der Waals surface area contributed by atoms with Crippen molar-refractivity contribution >= 4 is 11.7 Å². The number of aliphatic hydroxyl groups is 2. The van der Waals surface area contributed by atoms with E-state index in [1.54, 1.807) is 18.2 Å². The smallest absolute Gasteiger partial charge is 0.319 e. The standard InChI is InChI=1S/C13H20N2O5/c1-8(17)10(7-16)15-13(18)14-9-4-5-11(19-2)12(6-9)20-3/h4-6,8,10,16-17H,7H2,1-3H3,(H2,14,15,18)/t8-,10+/m1/s1. The zero-order chi connectivity index (χ0) is 15.1. The molecule has 0 saturated carbocycles. The highest BCUT2D eigenvalue weighted by Crippen LogP contribution is 2.29. The number of ether oxygens (including phenoxy) is 2. The van der Waals surface area contributed by atoms with E-state index < -0.39 is 18.2 Å². The molecule has 0 aliphatic carbocycles. The van der Waals surface area contributed by atoms with Crippen LogP contribution in [0.3, 0.4) is 0 Å². The van der Waals surface area contributed by atoms with Crippen molar-refractivity contribution in [1.82, 2.24) is 5.32 Å². The van der Waals surface area contributed by atoms with Gasteiger partial charge in [-0.2, -0.15) is 0 Å². The molecule has 0 bridgehead atoms. The van der Waals surface area contributed by atoms with E-state index in [1.165, 1.54) is 21.1 Å². The fraction of sp³-hybridized carbons (Fsp3) is 0.462. The summed E-state index contributed by atoms with van der Waals surface area (Å²) in [6, 6.07) is 3.66. The minimum Gasteiger partial charge on any atom is -0.493 e. The lowest BCUT2D eigenvalue weighted by Crippen LogP contribution is -2.46. The highest BCUT2D eigenvalue weighted by molar-refractivity contribution is 5.89. The number of urea groups is 1. The number of carbonyl (C=O) groups is 1. The Kier molecular flexibility index (Phi) is 6.08. The van der Waals surface area contributed by atoms with Crippen LogP contribution in [0.2, 0.25) is 0 Å². The summed E-state index contributed by atoms with van der Waals surface area (Å²) < 4.78 is 10.2. The molecule has 0 saturated heterocycles. The molecule has 1 aromatic rings. The Labute approximate surface area is 117 Å². The Bertz CT molecular complexity index is 450. The van der Waals surface area contributed by atoms with Gasteiger partial charge in [0.15, 0.2) is 11.5 Å². The monoisotopic (exact) mass is 284 g/mol. The van der Waals surface area contributed by atoms with Gasteiger partial charge in [-0.3, -0.25) is 0 Å². The second-order valence-corrected chi connectivity index (χ2v) is 4.20. The van der Waals surface area contributed by atoms with Crippen LogP contribution in [0.5, 0.6) is 11.5 Å². The first-order chi connectivity index (χ1) is 9.51. The number of hydrogen-bond acceptors (Lipinski definition) is 5. The number of nitrogens with one attached hydrogen (secondary N) is 2. The molecule has 0 heterocycles. The molecule has 7 nitrogen and oxygen atoms in total. The van der Waals surface area contributed by atoms with E-state index >= 15 is 0 Å². The largest absolute Gasteiger partial charge is 0.493 e. The van der Waals surface area contributed by atoms with Crippen molar-refractivity contribution in [3.8, 4) is 11.5 Å². The van der Waals surface area contributed by atoms with Crippen molar-refractivity contribution in [1.29, 1.82) is 0 Å². The summed E-state index contributed by atoms with van der Waals surface area (Å²) in [6.45, 7) is 1.13. The first-order valence-corrected chi connectivity index (χ1v) is 6.10. The third kappa shape index (κ3) is 4.29. The number of methoxy groups -OCH3 is 2. The van der Waals surface area contributed by atoms with Crippen molar-refractivity contribution in [3.63, 3.8) is 0 Å². The van der Waals surface area contributed by atoms with E-state index in [0.29, 0.717) is 17.2 Å². The number of aliphatic hydroxyl groups excluding tert-OH is 2. The zero-order valence-electron chi connectivity index (χ0n) is 11.7. The third-order valence-corrected chi connectivity index (χ3v) is 2.74. The molecule has 20 heavy (non-hydrogen) atoms. The van der Waals surface area contributed by atoms with Gasteiger partial charge in [0.1, 0.15) is 0 Å². The Morgan fingerprint density at radius 1 is 1.30 bits per heavy atom. The van der Waals surface area contributed by atoms with Crippen molar-refractivity contribution in [2.24, 2.45) is 0 Å². The molecular formula is C13H20N2O5. The van der Waals surface area contributed by atoms with E-state index in [0.717, 1.165) is 0 Å². The van der Waals surface area contributed by atoms with Gasteiger partial charge in [-0.05, 0) is 19.1 Å². The van der Waals surface area contributed by atoms with Gasteiger partial charge in [-0.25, -0.2) is 4.79 Å². The Morgan fingerprint density at radius 3 is 2.45 bits per heavy atom. The van der Waals surface area contributed by atoms with Gasteiger partial charge in [0.05, 0.1) is 33.0 Å². The molecule has 1 aromatic carbocycles. The molecule has 0 aliphatic rings. The Hall–Kier alpha value is -1.99. The van der Waals surface area contributed by atoms with E-state index in [1.807, 2.05) is 0 Å². The molecule has 2 atom stereocenters. The minimum atomic E-state index is -0.851. The zero-order valence-corrected chi connectivity index (χ0v) is 11.7. The molecule has 0 radical (unpaired) electrons. The van der Waals surface area contributed by atoms with Gasteiger partial charge >= 0.3 is 6.03 Å². The maximum atomic E-state index is 11.7. The van der Waals surface area contributed by atoms with Gasteiger partial charge in [0.25, 0.3) is 0 Å². The fourth-order valence-corrected chi connectivity index (χ4v) is 1.57. The summed E-state index contributed by atoms with van der Waals surface area (Å²) in [6.07, 6.45) is -0.851. The topological polar surface area (TPSA) is 100 Å². The lowest BCUT2D eigenvalue weighted by atomic mass is 10.2. The highest BCUT2D eigenvalue weighted by Gasteiger charge is 2.16. The molecule has 7 heteroatoms. The number of carbonyl (C=O) groups excluding carboxylic acids is 1. The summed E-state index contributed by atoms with van der Waals surface area (Å²) in [5, 5.41) is 23.4. The van der Waals surface area contributed by atoms with E-state index in [-0.39, 0.29) is 6.61 Å². The van der Waals surface area contributed by atoms with Crippen LogP contribution in [-0.2, 0) is 0 Å². The Morgan fingerprint density at radius 2 is 1.95 bits per heavy atom. The van der Waals surface area contributed by atoms with Crippen LogP contribution >= 0.6 is 0 Å². The third-order valence-electron chi connectivity index (χ3n) is 2.74. The highest BCUT2D eigenvalue weighted by atomic mass is 16.5. The molecular weight excluding hydrogens is 264 g/mol. The van der Waals surface area contributed by atoms with Crippen molar-refractivity contribution in [2.75, 3.05) is 26.1 Å². The molecule has 0 unspecified atom stereocenters. The maximum Gasteiger partial charge on any atom is 0.319 e. The predicted octanol–water partition coefficient (Wildman–Crippen LogP) is 0.567. The molecule has 0 aliphatic heterocycles. The average molecular weight is 284 g/mol. The fourth-order valence-electron chi connectivity index (χ4n) is 1.57. The summed E-state index contributed by atoms with van der Waals surface area (Å²) in [7, 11) is 3.02. The first kappa shape index (κ1) is 16.1. The van der Waals surface area contributed by atoms with Gasteiger partial charge < -0.3 is 30.3 Å². The quantitative estimate of drug-likeness (QED) is 0.612. The SMILES string of the molecule is COc1ccc(NC(=O)N[C@@H](CO)[C@@H](C)O)cc1OC. The van der Waals surface area contributed by atoms with Crippen LogP contribution < -0.4 is 20.1 Å². The summed E-state index contributed by atoms with van der Waals surface area (Å²) in [4.78, 5) is 11.7.